The molecule has 0 fully saturated rings. The third kappa shape index (κ3) is 2.98. The molecule has 0 saturated heterocycles. The number of anilines is 2. The van der Waals surface area contributed by atoms with Crippen molar-refractivity contribution in [1.29, 1.82) is 0 Å². The van der Waals surface area contributed by atoms with Crippen molar-refractivity contribution in [2.75, 3.05) is 12.4 Å². The van der Waals surface area contributed by atoms with E-state index in [4.69, 9.17) is 4.74 Å². The molecule has 1 aromatic heterocycles. The summed E-state index contributed by atoms with van der Waals surface area (Å²) in [5.74, 6) is 2.32. The fourth-order valence-electron chi connectivity index (χ4n) is 1.57. The molecule has 2 rings (SSSR count). The highest BCUT2D eigenvalue weighted by Gasteiger charge is 2.05. The Bertz CT molecular complexity index is 546. The Morgan fingerprint density at radius 3 is 2.78 bits per heavy atom. The normalized spacial score (nSPS) is 10.2. The highest BCUT2D eigenvalue weighted by molar-refractivity contribution is 9.10. The van der Waals surface area contributed by atoms with E-state index in [1.165, 1.54) is 0 Å². The van der Waals surface area contributed by atoms with Crippen LogP contribution in [0.2, 0.25) is 0 Å². The van der Waals surface area contributed by atoms with Gasteiger partial charge in [0.2, 0.25) is 0 Å². The Hall–Kier alpha value is -1.62. The molecule has 0 bridgehead atoms. The van der Waals surface area contributed by atoms with E-state index in [-0.39, 0.29) is 0 Å². The van der Waals surface area contributed by atoms with Crippen LogP contribution in [0.3, 0.4) is 0 Å². The van der Waals surface area contributed by atoms with Gasteiger partial charge in [-0.15, -0.1) is 0 Å². The molecule has 0 radical (unpaired) electrons. The van der Waals surface area contributed by atoms with Crippen LogP contribution < -0.4 is 10.1 Å². The lowest BCUT2D eigenvalue weighted by Crippen LogP contribution is -2.00. The summed E-state index contributed by atoms with van der Waals surface area (Å²) in [5, 5.41) is 3.23. The number of nitrogens with one attached hydrogen (secondary N) is 1. The minimum absolute atomic E-state index is 0.748. The van der Waals surface area contributed by atoms with Gasteiger partial charge in [0, 0.05) is 12.5 Å². The molecule has 0 amide bonds. The Morgan fingerprint density at radius 2 is 2.06 bits per heavy atom. The minimum atomic E-state index is 0.748. The van der Waals surface area contributed by atoms with Gasteiger partial charge in [0.25, 0.3) is 0 Å². The van der Waals surface area contributed by atoms with Crippen molar-refractivity contribution in [2.45, 2.75) is 13.3 Å². The molecule has 0 aliphatic rings. The molecule has 0 aliphatic heterocycles. The van der Waals surface area contributed by atoms with Crippen molar-refractivity contribution in [3.8, 4) is 5.75 Å². The van der Waals surface area contributed by atoms with Gasteiger partial charge in [0.15, 0.2) is 0 Å². The van der Waals surface area contributed by atoms with E-state index in [1.807, 2.05) is 37.3 Å². The van der Waals surface area contributed by atoms with Crippen LogP contribution in [0.15, 0.2) is 34.9 Å². The standard InChI is InChI=1S/C13H14BrN3O/c1-3-12-16-11(14)8-13(17-12)15-9-6-4-5-7-10(9)18-2/h4-8H,3H2,1-2H3,(H,15,16,17). The van der Waals surface area contributed by atoms with E-state index in [1.54, 1.807) is 7.11 Å². The first kappa shape index (κ1) is 12.8. The summed E-state index contributed by atoms with van der Waals surface area (Å²) in [5.41, 5.74) is 0.882. The van der Waals surface area contributed by atoms with Gasteiger partial charge in [-0.2, -0.15) is 0 Å². The summed E-state index contributed by atoms with van der Waals surface area (Å²) < 4.78 is 6.06. The van der Waals surface area contributed by atoms with E-state index in [0.717, 1.165) is 34.1 Å². The van der Waals surface area contributed by atoms with Crippen molar-refractivity contribution in [3.63, 3.8) is 0 Å². The molecule has 2 aromatic rings. The fourth-order valence-corrected chi connectivity index (χ4v) is 1.99. The van der Waals surface area contributed by atoms with Crippen LogP contribution >= 0.6 is 15.9 Å². The van der Waals surface area contributed by atoms with Crippen molar-refractivity contribution in [1.82, 2.24) is 9.97 Å². The zero-order valence-corrected chi connectivity index (χ0v) is 11.9. The van der Waals surface area contributed by atoms with Gasteiger partial charge in [0.1, 0.15) is 22.0 Å². The van der Waals surface area contributed by atoms with E-state index in [9.17, 15) is 0 Å². The zero-order valence-electron chi connectivity index (χ0n) is 10.3. The highest BCUT2D eigenvalue weighted by Crippen LogP contribution is 2.26. The number of aromatic nitrogens is 2. The number of hydrogen-bond donors (Lipinski definition) is 1. The van der Waals surface area contributed by atoms with Gasteiger partial charge < -0.3 is 10.1 Å². The van der Waals surface area contributed by atoms with Gasteiger partial charge in [-0.3, -0.25) is 0 Å². The zero-order chi connectivity index (χ0) is 13.0. The first-order valence-electron chi connectivity index (χ1n) is 5.66. The molecule has 1 N–H and O–H groups in total. The number of aryl methyl sites for hydroxylation is 1. The van der Waals surface area contributed by atoms with Crippen LogP contribution in [0.5, 0.6) is 5.75 Å². The van der Waals surface area contributed by atoms with Crippen LogP contribution in [0.25, 0.3) is 0 Å². The smallest absolute Gasteiger partial charge is 0.142 e. The summed E-state index contributed by atoms with van der Waals surface area (Å²) in [6, 6.07) is 9.56. The molecule has 1 aromatic carbocycles. The number of para-hydroxylation sites is 2. The average molecular weight is 308 g/mol. The number of nitrogens with zero attached hydrogens (tertiary/aromatic N) is 2. The first-order chi connectivity index (χ1) is 8.72. The molecule has 0 unspecified atom stereocenters. The number of rotatable bonds is 4. The number of halogens is 1. The number of ether oxygens (including phenoxy) is 1. The SMILES string of the molecule is CCc1nc(Br)cc(Nc2ccccc2OC)n1. The quantitative estimate of drug-likeness (QED) is 0.877. The van der Waals surface area contributed by atoms with Crippen molar-refractivity contribution in [3.05, 3.63) is 40.8 Å². The lowest BCUT2D eigenvalue weighted by Gasteiger charge is -2.11. The van der Waals surface area contributed by atoms with E-state index < -0.39 is 0 Å². The predicted octanol–water partition coefficient (Wildman–Crippen LogP) is 3.55. The molecule has 0 saturated carbocycles. The second kappa shape index (κ2) is 5.82. The molecule has 1 heterocycles. The largest absolute Gasteiger partial charge is 0.495 e. The molecule has 0 aliphatic carbocycles. The van der Waals surface area contributed by atoms with Crippen LogP contribution in [-0.2, 0) is 6.42 Å². The van der Waals surface area contributed by atoms with Gasteiger partial charge in [0.05, 0.1) is 12.8 Å². The second-order valence-corrected chi connectivity index (χ2v) is 4.48. The molecule has 5 heteroatoms. The number of benzene rings is 1. The maximum atomic E-state index is 5.29. The monoisotopic (exact) mass is 307 g/mol. The average Bonchev–Trinajstić information content (AvgIpc) is 2.38. The molecular weight excluding hydrogens is 294 g/mol. The van der Waals surface area contributed by atoms with Crippen molar-refractivity contribution >= 4 is 27.4 Å². The van der Waals surface area contributed by atoms with Crippen LogP contribution in [0.1, 0.15) is 12.7 Å². The molecule has 18 heavy (non-hydrogen) atoms. The minimum Gasteiger partial charge on any atom is -0.495 e. The number of hydrogen-bond acceptors (Lipinski definition) is 4. The summed E-state index contributed by atoms with van der Waals surface area (Å²) in [4.78, 5) is 8.69. The Balaban J connectivity index is 2.30. The highest BCUT2D eigenvalue weighted by atomic mass is 79.9. The lowest BCUT2D eigenvalue weighted by atomic mass is 10.3. The molecule has 94 valence electrons. The van der Waals surface area contributed by atoms with Crippen molar-refractivity contribution < 1.29 is 4.74 Å². The second-order valence-electron chi connectivity index (χ2n) is 3.67. The Kier molecular flexibility index (Phi) is 4.15. The maximum Gasteiger partial charge on any atom is 0.142 e. The molecular formula is C13H14BrN3O. The molecule has 4 nitrogen and oxygen atoms in total. The van der Waals surface area contributed by atoms with Crippen LogP contribution in [0.4, 0.5) is 11.5 Å². The predicted molar refractivity (Wildman–Crippen MR) is 75.4 cm³/mol. The van der Waals surface area contributed by atoms with E-state index in [0.29, 0.717) is 0 Å². The summed E-state index contributed by atoms with van der Waals surface area (Å²) in [6.45, 7) is 2.02. The Labute approximate surface area is 115 Å². The molecule has 0 spiro atoms. The lowest BCUT2D eigenvalue weighted by molar-refractivity contribution is 0.417. The van der Waals surface area contributed by atoms with E-state index >= 15 is 0 Å². The first-order valence-corrected chi connectivity index (χ1v) is 6.45. The van der Waals surface area contributed by atoms with Crippen molar-refractivity contribution in [2.24, 2.45) is 0 Å². The van der Waals surface area contributed by atoms with Crippen LogP contribution in [-0.4, -0.2) is 17.1 Å². The van der Waals surface area contributed by atoms with Crippen LogP contribution in [0, 0.1) is 0 Å². The summed E-state index contributed by atoms with van der Waals surface area (Å²) in [6.07, 6.45) is 0.792. The van der Waals surface area contributed by atoms with Gasteiger partial charge in [-0.25, -0.2) is 9.97 Å². The number of methoxy groups -OCH3 is 1. The maximum absolute atomic E-state index is 5.29. The topological polar surface area (TPSA) is 47.0 Å². The van der Waals surface area contributed by atoms with Gasteiger partial charge in [-0.05, 0) is 28.1 Å². The third-order valence-electron chi connectivity index (χ3n) is 2.43. The Morgan fingerprint density at radius 1 is 1.28 bits per heavy atom. The van der Waals surface area contributed by atoms with E-state index in [2.05, 4.69) is 31.2 Å². The third-order valence-corrected chi connectivity index (χ3v) is 2.83. The molecule has 0 atom stereocenters. The summed E-state index contributed by atoms with van der Waals surface area (Å²) >= 11 is 3.38. The fraction of sp³-hybridized carbons (Fsp3) is 0.231. The van der Waals surface area contributed by atoms with Gasteiger partial charge >= 0.3 is 0 Å². The van der Waals surface area contributed by atoms with Gasteiger partial charge in [-0.1, -0.05) is 19.1 Å². The summed E-state index contributed by atoms with van der Waals surface area (Å²) in [7, 11) is 1.65.